The van der Waals surface area contributed by atoms with Crippen LogP contribution in [0.15, 0.2) is 91.0 Å². The minimum Gasteiger partial charge on any atom is -0.439 e. The average Bonchev–Trinajstić information content (AvgIpc) is 3.15. The number of hydrogen-bond donors (Lipinski definition) is 1. The molecule has 0 amide bonds. The van der Waals surface area contributed by atoms with Crippen LogP contribution in [0, 0.1) is 5.92 Å². The second-order valence-corrected chi connectivity index (χ2v) is 9.05. The number of para-hydroxylation sites is 1. The number of benzene rings is 3. The van der Waals surface area contributed by atoms with Gasteiger partial charge in [-0.15, -0.1) is 0 Å². The molecule has 4 aromatic rings. The maximum absolute atomic E-state index is 11.0. The molecule has 1 N–H and O–H groups in total. The molecule has 0 aliphatic rings. The fourth-order valence-corrected chi connectivity index (χ4v) is 4.22. The molecule has 0 saturated heterocycles. The summed E-state index contributed by atoms with van der Waals surface area (Å²) in [5.41, 5.74) is 3.88. The van der Waals surface area contributed by atoms with E-state index in [0.29, 0.717) is 24.9 Å². The van der Waals surface area contributed by atoms with Crippen LogP contribution in [0.1, 0.15) is 31.1 Å². The van der Waals surface area contributed by atoms with E-state index in [-0.39, 0.29) is 0 Å². The zero-order valence-corrected chi connectivity index (χ0v) is 20.1. The summed E-state index contributed by atoms with van der Waals surface area (Å²) in [4.78, 5) is 2.30. The lowest BCUT2D eigenvalue weighted by Gasteiger charge is -2.27. The van der Waals surface area contributed by atoms with Gasteiger partial charge in [-0.25, -0.2) is 4.68 Å². The van der Waals surface area contributed by atoms with Crippen molar-refractivity contribution < 1.29 is 9.84 Å². The summed E-state index contributed by atoms with van der Waals surface area (Å²) in [6.07, 6.45) is -0.574. The third-order valence-corrected chi connectivity index (χ3v) is 5.71. The first-order valence-corrected chi connectivity index (χ1v) is 11.8. The van der Waals surface area contributed by atoms with E-state index in [4.69, 9.17) is 9.84 Å². The number of aryl methyl sites for hydroxylation is 1. The molecule has 1 heterocycles. The number of nitrogens with zero attached hydrogens (tertiary/aromatic N) is 3. The molecule has 0 fully saturated rings. The molecular formula is C29H33N3O2. The summed E-state index contributed by atoms with van der Waals surface area (Å²) >= 11 is 0. The van der Waals surface area contributed by atoms with Gasteiger partial charge in [0.25, 0.3) is 0 Å². The van der Waals surface area contributed by atoms with Crippen LogP contribution in [0.5, 0.6) is 11.6 Å². The molecule has 1 atom stereocenters. The predicted molar refractivity (Wildman–Crippen MR) is 137 cm³/mol. The van der Waals surface area contributed by atoms with Gasteiger partial charge < -0.3 is 9.84 Å². The molecule has 0 bridgehead atoms. The highest BCUT2D eigenvalue weighted by molar-refractivity contribution is 5.65. The number of rotatable bonds is 10. The van der Waals surface area contributed by atoms with Gasteiger partial charge in [0, 0.05) is 32.2 Å². The number of hydrogen-bond acceptors (Lipinski definition) is 4. The van der Waals surface area contributed by atoms with Gasteiger partial charge in [0.1, 0.15) is 11.4 Å². The maximum Gasteiger partial charge on any atom is 0.222 e. The molecule has 0 aliphatic carbocycles. The number of aromatic nitrogens is 2. The second kappa shape index (κ2) is 11.1. The SMILES string of the molecule is CC(C)CN(Cc1c(-c2ccccc2)nn(C)c1Oc1ccccc1)CC(O)c1ccccc1. The van der Waals surface area contributed by atoms with Crippen molar-refractivity contribution in [2.24, 2.45) is 13.0 Å². The lowest BCUT2D eigenvalue weighted by molar-refractivity contribution is 0.101. The normalized spacial score (nSPS) is 12.3. The smallest absolute Gasteiger partial charge is 0.222 e. The molecule has 0 saturated carbocycles. The third kappa shape index (κ3) is 5.93. The number of aliphatic hydroxyl groups excluding tert-OH is 1. The van der Waals surface area contributed by atoms with Crippen LogP contribution >= 0.6 is 0 Å². The van der Waals surface area contributed by atoms with Crippen molar-refractivity contribution >= 4 is 0 Å². The van der Waals surface area contributed by atoms with Crippen LogP contribution in [-0.4, -0.2) is 32.9 Å². The fraction of sp³-hybridized carbons (Fsp3) is 0.276. The lowest BCUT2D eigenvalue weighted by Crippen LogP contribution is -2.32. The molecular weight excluding hydrogens is 422 g/mol. The van der Waals surface area contributed by atoms with E-state index in [1.165, 1.54) is 0 Å². The second-order valence-electron chi connectivity index (χ2n) is 9.05. The molecule has 5 nitrogen and oxygen atoms in total. The zero-order chi connectivity index (χ0) is 23.9. The maximum atomic E-state index is 11.0. The van der Waals surface area contributed by atoms with Crippen molar-refractivity contribution in [3.63, 3.8) is 0 Å². The molecule has 5 heteroatoms. The summed E-state index contributed by atoms with van der Waals surface area (Å²) in [7, 11) is 1.92. The Balaban J connectivity index is 1.70. The van der Waals surface area contributed by atoms with Crippen molar-refractivity contribution in [1.82, 2.24) is 14.7 Å². The minimum absolute atomic E-state index is 0.443. The molecule has 34 heavy (non-hydrogen) atoms. The van der Waals surface area contributed by atoms with E-state index in [1.807, 2.05) is 90.6 Å². The number of aliphatic hydroxyl groups is 1. The topological polar surface area (TPSA) is 50.5 Å². The lowest BCUT2D eigenvalue weighted by atomic mass is 10.1. The molecule has 3 aromatic carbocycles. The van der Waals surface area contributed by atoms with Crippen molar-refractivity contribution in [1.29, 1.82) is 0 Å². The third-order valence-electron chi connectivity index (χ3n) is 5.71. The van der Waals surface area contributed by atoms with E-state index in [1.54, 1.807) is 0 Å². The zero-order valence-electron chi connectivity index (χ0n) is 20.1. The van der Waals surface area contributed by atoms with Crippen molar-refractivity contribution in [3.05, 3.63) is 102 Å². The summed E-state index contributed by atoms with van der Waals surface area (Å²) in [6.45, 7) is 6.38. The highest BCUT2D eigenvalue weighted by Gasteiger charge is 2.24. The van der Waals surface area contributed by atoms with E-state index in [2.05, 4.69) is 30.9 Å². The molecule has 176 valence electrons. The van der Waals surface area contributed by atoms with Gasteiger partial charge >= 0.3 is 0 Å². The van der Waals surface area contributed by atoms with Gasteiger partial charge in [-0.05, 0) is 23.6 Å². The molecule has 1 aromatic heterocycles. The van der Waals surface area contributed by atoms with Crippen molar-refractivity contribution in [3.8, 4) is 22.9 Å². The summed E-state index contributed by atoms with van der Waals surface area (Å²) in [5, 5.41) is 15.8. The fourth-order valence-electron chi connectivity index (χ4n) is 4.22. The molecule has 4 rings (SSSR count). The Bertz CT molecular complexity index is 1160. The molecule has 0 aliphatic heterocycles. The van der Waals surface area contributed by atoms with E-state index < -0.39 is 6.10 Å². The van der Waals surface area contributed by atoms with E-state index in [0.717, 1.165) is 34.7 Å². The Morgan fingerprint density at radius 1 is 0.853 bits per heavy atom. The van der Waals surface area contributed by atoms with Crippen LogP contribution in [0.3, 0.4) is 0 Å². The van der Waals surface area contributed by atoms with Gasteiger partial charge in [-0.1, -0.05) is 92.7 Å². The standard InChI is InChI=1S/C29H33N3O2/c1-22(2)19-32(21-27(33)23-13-7-4-8-14-23)20-26-28(24-15-9-5-10-16-24)30-31(3)29(26)34-25-17-11-6-12-18-25/h4-18,22,27,33H,19-21H2,1-3H3. The van der Waals surface area contributed by atoms with Gasteiger partial charge in [-0.2, -0.15) is 5.10 Å². The van der Waals surface area contributed by atoms with E-state index >= 15 is 0 Å². The van der Waals surface area contributed by atoms with Gasteiger partial charge in [0.05, 0.1) is 11.7 Å². The summed E-state index contributed by atoms with van der Waals surface area (Å²) in [6, 6.07) is 29.8. The van der Waals surface area contributed by atoms with Crippen LogP contribution in [0.2, 0.25) is 0 Å². The Hall–Kier alpha value is -3.41. The van der Waals surface area contributed by atoms with Crippen LogP contribution in [0.25, 0.3) is 11.3 Å². The predicted octanol–water partition coefficient (Wildman–Crippen LogP) is 6.07. The van der Waals surface area contributed by atoms with Crippen molar-refractivity contribution in [2.45, 2.75) is 26.5 Å². The molecule has 0 radical (unpaired) electrons. The highest BCUT2D eigenvalue weighted by atomic mass is 16.5. The first-order valence-electron chi connectivity index (χ1n) is 11.8. The van der Waals surface area contributed by atoms with Gasteiger partial charge in [0.2, 0.25) is 5.88 Å². The average molecular weight is 456 g/mol. The van der Waals surface area contributed by atoms with Crippen LogP contribution < -0.4 is 4.74 Å². The highest BCUT2D eigenvalue weighted by Crippen LogP contribution is 2.34. The molecule has 0 spiro atoms. The minimum atomic E-state index is -0.574. The van der Waals surface area contributed by atoms with Crippen molar-refractivity contribution in [2.75, 3.05) is 13.1 Å². The van der Waals surface area contributed by atoms with Gasteiger partial charge in [0.15, 0.2) is 0 Å². The Kier molecular flexibility index (Phi) is 7.78. The number of ether oxygens (including phenoxy) is 1. The Morgan fingerprint density at radius 2 is 1.44 bits per heavy atom. The first-order chi connectivity index (χ1) is 16.5. The quantitative estimate of drug-likeness (QED) is 0.315. The summed E-state index contributed by atoms with van der Waals surface area (Å²) in [5.74, 6) is 1.93. The summed E-state index contributed by atoms with van der Waals surface area (Å²) < 4.78 is 8.16. The van der Waals surface area contributed by atoms with Crippen LogP contribution in [-0.2, 0) is 13.6 Å². The first kappa shape index (κ1) is 23.7. The largest absolute Gasteiger partial charge is 0.439 e. The van der Waals surface area contributed by atoms with E-state index in [9.17, 15) is 5.11 Å². The Labute approximate surface area is 202 Å². The van der Waals surface area contributed by atoms with Crippen LogP contribution in [0.4, 0.5) is 0 Å². The Morgan fingerprint density at radius 3 is 2.06 bits per heavy atom. The van der Waals surface area contributed by atoms with Gasteiger partial charge in [-0.3, -0.25) is 4.90 Å². The molecule has 1 unspecified atom stereocenters. The monoisotopic (exact) mass is 455 g/mol.